The van der Waals surface area contributed by atoms with E-state index in [1.54, 1.807) is 7.05 Å². The van der Waals surface area contributed by atoms with Crippen LogP contribution in [0.2, 0.25) is 0 Å². The van der Waals surface area contributed by atoms with Gasteiger partial charge in [-0.3, -0.25) is 0 Å². The predicted molar refractivity (Wildman–Crippen MR) is 71.0 cm³/mol. The highest BCUT2D eigenvalue weighted by atomic mass is 35.7. The minimum atomic E-state index is -3.82. The van der Waals surface area contributed by atoms with E-state index in [0.717, 1.165) is 6.42 Å². The van der Waals surface area contributed by atoms with E-state index in [0.29, 0.717) is 18.2 Å². The summed E-state index contributed by atoms with van der Waals surface area (Å²) in [6, 6.07) is 0. The van der Waals surface area contributed by atoms with Gasteiger partial charge in [-0.25, -0.2) is 8.42 Å². The normalized spacial score (nSPS) is 14.8. The molecule has 0 aliphatic rings. The van der Waals surface area contributed by atoms with Gasteiger partial charge < -0.3 is 4.57 Å². The summed E-state index contributed by atoms with van der Waals surface area (Å²) in [6.07, 6.45) is 1.72. The number of hydrogen-bond acceptors (Lipinski definition) is 4. The van der Waals surface area contributed by atoms with Crippen molar-refractivity contribution < 1.29 is 8.42 Å². The summed E-state index contributed by atoms with van der Waals surface area (Å²) < 4.78 is 23.9. The Morgan fingerprint density at radius 1 is 1.33 bits per heavy atom. The molecular weight excluding hydrogens is 274 g/mol. The predicted octanol–water partition coefficient (Wildman–Crippen LogP) is 2.36. The first-order valence-electron chi connectivity index (χ1n) is 5.83. The third kappa shape index (κ3) is 4.24. The molecule has 5 nitrogen and oxygen atoms in total. The van der Waals surface area contributed by atoms with Gasteiger partial charge in [-0.15, -0.1) is 10.2 Å². The van der Waals surface area contributed by atoms with Crippen molar-refractivity contribution in [3.63, 3.8) is 0 Å². The summed E-state index contributed by atoms with van der Waals surface area (Å²) in [5.41, 5.74) is 0.236. The molecule has 0 aliphatic carbocycles. The SMILES string of the molecule is CC(Cc1nnc(S(=O)(=O)Cl)n1C)CC(C)(C)C. The van der Waals surface area contributed by atoms with Gasteiger partial charge in [-0.1, -0.05) is 27.7 Å². The van der Waals surface area contributed by atoms with Crippen LogP contribution in [-0.4, -0.2) is 23.2 Å². The van der Waals surface area contributed by atoms with Crippen molar-refractivity contribution in [1.82, 2.24) is 14.8 Å². The van der Waals surface area contributed by atoms with Crippen LogP contribution < -0.4 is 0 Å². The van der Waals surface area contributed by atoms with Crippen molar-refractivity contribution in [3.8, 4) is 0 Å². The first kappa shape index (κ1) is 15.4. The highest BCUT2D eigenvalue weighted by molar-refractivity contribution is 8.13. The van der Waals surface area contributed by atoms with Crippen LogP contribution in [0.3, 0.4) is 0 Å². The van der Waals surface area contributed by atoms with E-state index in [1.165, 1.54) is 4.57 Å². The minimum absolute atomic E-state index is 0.192. The summed E-state index contributed by atoms with van der Waals surface area (Å²) in [5, 5.41) is 7.34. The summed E-state index contributed by atoms with van der Waals surface area (Å²) in [4.78, 5) is 0. The Morgan fingerprint density at radius 3 is 2.28 bits per heavy atom. The monoisotopic (exact) mass is 293 g/mol. The highest BCUT2D eigenvalue weighted by Crippen LogP contribution is 2.26. The molecular formula is C11H20ClN3O2S. The van der Waals surface area contributed by atoms with Gasteiger partial charge in [0.15, 0.2) is 0 Å². The van der Waals surface area contributed by atoms with Gasteiger partial charge in [-0.2, -0.15) is 0 Å². The second-order valence-electron chi connectivity index (χ2n) is 5.97. The molecule has 1 aromatic rings. The maximum Gasteiger partial charge on any atom is 0.296 e. The lowest BCUT2D eigenvalue weighted by molar-refractivity contribution is 0.302. The van der Waals surface area contributed by atoms with Crippen molar-refractivity contribution in [2.45, 2.75) is 45.7 Å². The van der Waals surface area contributed by atoms with Crippen LogP contribution in [0.1, 0.15) is 39.9 Å². The van der Waals surface area contributed by atoms with Gasteiger partial charge in [0.1, 0.15) is 5.82 Å². The number of hydrogen-bond donors (Lipinski definition) is 0. The van der Waals surface area contributed by atoms with Crippen molar-refractivity contribution in [3.05, 3.63) is 5.82 Å². The number of aromatic nitrogens is 3. The van der Waals surface area contributed by atoms with E-state index < -0.39 is 9.05 Å². The van der Waals surface area contributed by atoms with Crippen molar-refractivity contribution >= 4 is 19.7 Å². The molecule has 18 heavy (non-hydrogen) atoms. The Balaban J connectivity index is 2.85. The van der Waals surface area contributed by atoms with Crippen molar-refractivity contribution in [2.75, 3.05) is 0 Å². The maximum atomic E-state index is 11.2. The Bertz CT molecular complexity index is 517. The molecule has 0 spiro atoms. The molecule has 1 aromatic heterocycles. The van der Waals surface area contributed by atoms with Gasteiger partial charge in [0.05, 0.1) is 0 Å². The lowest BCUT2D eigenvalue weighted by Crippen LogP contribution is -2.15. The van der Waals surface area contributed by atoms with Gasteiger partial charge in [0.2, 0.25) is 0 Å². The molecule has 0 aliphatic heterocycles. The average Bonchev–Trinajstić information content (AvgIpc) is 2.43. The standard InChI is InChI=1S/C11H20ClN3O2S/c1-8(7-11(2,3)4)6-9-13-14-10(15(9)5)18(12,16)17/h8H,6-7H2,1-5H3. The van der Waals surface area contributed by atoms with Crippen molar-refractivity contribution in [2.24, 2.45) is 18.4 Å². The first-order valence-corrected chi connectivity index (χ1v) is 8.14. The van der Waals surface area contributed by atoms with Gasteiger partial charge >= 0.3 is 0 Å². The van der Waals surface area contributed by atoms with E-state index in [2.05, 4.69) is 37.9 Å². The lowest BCUT2D eigenvalue weighted by atomic mass is 9.84. The van der Waals surface area contributed by atoms with Gasteiger partial charge in [0.25, 0.3) is 14.2 Å². The fourth-order valence-electron chi connectivity index (χ4n) is 2.16. The summed E-state index contributed by atoms with van der Waals surface area (Å²) in [7, 11) is 3.07. The van der Waals surface area contributed by atoms with Crippen LogP contribution in [0, 0.1) is 11.3 Å². The molecule has 1 unspecified atom stereocenters. The summed E-state index contributed by atoms with van der Waals surface area (Å²) in [5.74, 6) is 1.05. The van der Waals surface area contributed by atoms with E-state index >= 15 is 0 Å². The molecule has 1 rings (SSSR count). The second kappa shape index (κ2) is 5.17. The molecule has 0 fully saturated rings. The van der Waals surface area contributed by atoms with E-state index in [1.807, 2.05) is 0 Å². The zero-order valence-corrected chi connectivity index (χ0v) is 13.0. The maximum absolute atomic E-state index is 11.2. The fourth-order valence-corrected chi connectivity index (χ4v) is 3.14. The molecule has 0 saturated carbocycles. The molecule has 1 heterocycles. The Kier molecular flexibility index (Phi) is 4.43. The molecule has 104 valence electrons. The second-order valence-corrected chi connectivity index (χ2v) is 8.43. The largest absolute Gasteiger partial charge is 0.304 e. The smallest absolute Gasteiger partial charge is 0.296 e. The Morgan fingerprint density at radius 2 is 1.89 bits per heavy atom. The van der Waals surface area contributed by atoms with Gasteiger partial charge in [0, 0.05) is 24.2 Å². The highest BCUT2D eigenvalue weighted by Gasteiger charge is 2.22. The minimum Gasteiger partial charge on any atom is -0.304 e. The van der Waals surface area contributed by atoms with Crippen LogP contribution in [0.25, 0.3) is 0 Å². The van der Waals surface area contributed by atoms with Gasteiger partial charge in [-0.05, 0) is 17.8 Å². The van der Waals surface area contributed by atoms with Crippen LogP contribution >= 0.6 is 10.7 Å². The fraction of sp³-hybridized carbons (Fsp3) is 0.818. The first-order chi connectivity index (χ1) is 8.00. The molecule has 0 radical (unpaired) electrons. The zero-order valence-electron chi connectivity index (χ0n) is 11.4. The summed E-state index contributed by atoms with van der Waals surface area (Å²) >= 11 is 0. The molecule has 0 amide bonds. The zero-order chi connectivity index (χ0) is 14.1. The molecule has 7 heteroatoms. The lowest BCUT2D eigenvalue weighted by Gasteiger charge is -2.22. The van der Waals surface area contributed by atoms with Crippen LogP contribution in [0.5, 0.6) is 0 Å². The molecule has 1 atom stereocenters. The van der Waals surface area contributed by atoms with Crippen LogP contribution in [0.15, 0.2) is 5.16 Å². The molecule has 0 aromatic carbocycles. The van der Waals surface area contributed by atoms with E-state index in [9.17, 15) is 8.42 Å². The Labute approximate surface area is 113 Å². The van der Waals surface area contributed by atoms with Crippen LogP contribution in [0.4, 0.5) is 0 Å². The Hall–Kier alpha value is -0.620. The van der Waals surface area contributed by atoms with E-state index in [4.69, 9.17) is 10.7 Å². The van der Waals surface area contributed by atoms with E-state index in [-0.39, 0.29) is 10.6 Å². The molecule has 0 N–H and O–H groups in total. The molecule has 0 bridgehead atoms. The molecule has 0 saturated heterocycles. The van der Waals surface area contributed by atoms with Crippen molar-refractivity contribution in [1.29, 1.82) is 0 Å². The number of nitrogens with zero attached hydrogens (tertiary/aromatic N) is 3. The number of rotatable bonds is 4. The average molecular weight is 294 g/mol. The quantitative estimate of drug-likeness (QED) is 0.799. The van der Waals surface area contributed by atoms with Crippen LogP contribution in [-0.2, 0) is 22.5 Å². The third-order valence-electron chi connectivity index (χ3n) is 2.64. The topological polar surface area (TPSA) is 64.8 Å². The third-order valence-corrected chi connectivity index (χ3v) is 3.84. The number of halogens is 1. The summed E-state index contributed by atoms with van der Waals surface area (Å²) in [6.45, 7) is 8.65.